The maximum absolute atomic E-state index is 11.9. The van der Waals surface area contributed by atoms with Crippen LogP contribution in [0.2, 0.25) is 5.15 Å². The van der Waals surface area contributed by atoms with E-state index in [0.717, 1.165) is 11.5 Å². The van der Waals surface area contributed by atoms with Crippen LogP contribution in [0.25, 0.3) is 0 Å². The molecule has 1 unspecified atom stereocenters. The van der Waals surface area contributed by atoms with Gasteiger partial charge in [0, 0.05) is 6.07 Å². The Kier molecular flexibility index (Phi) is 5.10. The zero-order valence-electron chi connectivity index (χ0n) is 10.4. The highest BCUT2D eigenvalue weighted by molar-refractivity contribution is 7.08. The highest BCUT2D eigenvalue weighted by Gasteiger charge is 2.35. The van der Waals surface area contributed by atoms with E-state index in [0.29, 0.717) is 11.3 Å². The summed E-state index contributed by atoms with van der Waals surface area (Å²) in [5.74, 6) is -0.826. The quantitative estimate of drug-likeness (QED) is 0.845. The lowest BCUT2D eigenvalue weighted by molar-refractivity contribution is -0.150. The summed E-state index contributed by atoms with van der Waals surface area (Å²) in [5.41, 5.74) is -1.04. The zero-order chi connectivity index (χ0) is 13.8. The maximum Gasteiger partial charge on any atom is 0.331 e. The van der Waals surface area contributed by atoms with Crippen LogP contribution in [0.15, 0.2) is 6.07 Å². The number of carbonyl (C=O) groups is 2. The second-order valence-electron chi connectivity index (χ2n) is 3.87. The third-order valence-corrected chi connectivity index (χ3v) is 3.61. The lowest BCUT2D eigenvalue weighted by Gasteiger charge is -2.26. The number of rotatable bonds is 5. The number of carbonyl (C=O) groups excluding carboxylic acids is 2. The summed E-state index contributed by atoms with van der Waals surface area (Å²) in [5, 5.41) is 2.92. The molecule has 0 aliphatic heterocycles. The molecule has 1 aromatic rings. The minimum absolute atomic E-state index is 0.263. The van der Waals surface area contributed by atoms with E-state index in [9.17, 15) is 9.59 Å². The first kappa shape index (κ1) is 14.9. The van der Waals surface area contributed by atoms with Crippen molar-refractivity contribution in [3.63, 3.8) is 0 Å². The van der Waals surface area contributed by atoms with Crippen LogP contribution in [0.5, 0.6) is 0 Å². The minimum Gasteiger partial charge on any atom is -0.464 e. The molecular formula is C11H15ClN2O3S. The molecule has 0 bridgehead atoms. The molecule has 1 N–H and O–H groups in total. The molecule has 0 aliphatic carbocycles. The molecule has 5 nitrogen and oxygen atoms in total. The number of halogens is 1. The van der Waals surface area contributed by atoms with Gasteiger partial charge in [-0.1, -0.05) is 18.5 Å². The van der Waals surface area contributed by atoms with Gasteiger partial charge >= 0.3 is 5.97 Å². The monoisotopic (exact) mass is 290 g/mol. The van der Waals surface area contributed by atoms with Crippen LogP contribution < -0.4 is 5.32 Å². The van der Waals surface area contributed by atoms with Gasteiger partial charge in [-0.05, 0) is 31.8 Å². The van der Waals surface area contributed by atoms with Crippen LogP contribution in [-0.2, 0) is 9.53 Å². The number of nitrogens with zero attached hydrogens (tertiary/aromatic N) is 1. The molecule has 18 heavy (non-hydrogen) atoms. The first-order valence-corrected chi connectivity index (χ1v) is 6.70. The summed E-state index contributed by atoms with van der Waals surface area (Å²) in [4.78, 5) is 24.1. The number of amides is 1. The number of esters is 1. The maximum atomic E-state index is 11.9. The SMILES string of the molecule is CCOC(=O)C(C)(CC)NC(=O)c1cc(Cl)ns1. The van der Waals surface area contributed by atoms with Crippen LogP contribution >= 0.6 is 23.1 Å². The van der Waals surface area contributed by atoms with Gasteiger partial charge in [-0.25, -0.2) is 4.79 Å². The molecule has 0 radical (unpaired) electrons. The minimum atomic E-state index is -1.04. The fraction of sp³-hybridized carbons (Fsp3) is 0.545. The molecule has 100 valence electrons. The summed E-state index contributed by atoms with van der Waals surface area (Å²) < 4.78 is 8.75. The predicted molar refractivity (Wildman–Crippen MR) is 69.9 cm³/mol. The number of nitrogens with one attached hydrogen (secondary N) is 1. The van der Waals surface area contributed by atoms with Gasteiger partial charge in [0.15, 0.2) is 0 Å². The second kappa shape index (κ2) is 6.15. The highest BCUT2D eigenvalue weighted by atomic mass is 35.5. The molecule has 7 heteroatoms. The van der Waals surface area contributed by atoms with Gasteiger partial charge in [-0.3, -0.25) is 4.79 Å². The van der Waals surface area contributed by atoms with Crippen molar-refractivity contribution in [1.29, 1.82) is 0 Å². The van der Waals surface area contributed by atoms with Crippen molar-refractivity contribution < 1.29 is 14.3 Å². The Morgan fingerprint density at radius 1 is 1.56 bits per heavy atom. The number of hydrogen-bond donors (Lipinski definition) is 1. The van der Waals surface area contributed by atoms with Gasteiger partial charge in [0.2, 0.25) is 0 Å². The van der Waals surface area contributed by atoms with Crippen molar-refractivity contribution in [2.24, 2.45) is 0 Å². The Balaban J connectivity index is 2.79. The molecule has 0 spiro atoms. The van der Waals surface area contributed by atoms with Gasteiger partial charge < -0.3 is 10.1 Å². The van der Waals surface area contributed by atoms with Crippen molar-refractivity contribution in [2.75, 3.05) is 6.61 Å². The lowest BCUT2D eigenvalue weighted by Crippen LogP contribution is -2.52. The molecule has 1 aromatic heterocycles. The van der Waals surface area contributed by atoms with Crippen LogP contribution in [0.4, 0.5) is 0 Å². The van der Waals surface area contributed by atoms with Crippen LogP contribution in [0.3, 0.4) is 0 Å². The molecule has 1 atom stereocenters. The smallest absolute Gasteiger partial charge is 0.331 e. The topological polar surface area (TPSA) is 68.3 Å². The summed E-state index contributed by atoms with van der Waals surface area (Å²) in [6, 6.07) is 1.46. The van der Waals surface area contributed by atoms with E-state index in [-0.39, 0.29) is 17.7 Å². The molecule has 0 saturated carbocycles. The lowest BCUT2D eigenvalue weighted by atomic mass is 9.99. The van der Waals surface area contributed by atoms with Crippen molar-refractivity contribution in [3.8, 4) is 0 Å². The van der Waals surface area contributed by atoms with Gasteiger partial charge in [0.05, 0.1) is 6.61 Å². The van der Waals surface area contributed by atoms with Crippen LogP contribution in [0.1, 0.15) is 36.9 Å². The van der Waals surface area contributed by atoms with Gasteiger partial charge in [-0.15, -0.1) is 0 Å². The summed E-state index contributed by atoms with van der Waals surface area (Å²) >= 11 is 6.64. The molecule has 0 fully saturated rings. The van der Waals surface area contributed by atoms with Crippen molar-refractivity contribution in [2.45, 2.75) is 32.7 Å². The summed E-state index contributed by atoms with van der Waals surface area (Å²) in [6.45, 7) is 5.43. The summed E-state index contributed by atoms with van der Waals surface area (Å²) in [6.07, 6.45) is 0.435. The Morgan fingerprint density at radius 2 is 2.22 bits per heavy atom. The largest absolute Gasteiger partial charge is 0.464 e. The number of ether oxygens (including phenoxy) is 1. The molecule has 1 amide bonds. The van der Waals surface area contributed by atoms with Gasteiger partial charge in [-0.2, -0.15) is 4.37 Å². The molecular weight excluding hydrogens is 276 g/mol. The van der Waals surface area contributed by atoms with E-state index in [1.54, 1.807) is 20.8 Å². The average molecular weight is 291 g/mol. The van der Waals surface area contributed by atoms with Crippen LogP contribution in [0, 0.1) is 0 Å². The molecule has 0 aliphatic rings. The van der Waals surface area contributed by atoms with Gasteiger partial charge in [0.1, 0.15) is 15.6 Å². The van der Waals surface area contributed by atoms with Crippen LogP contribution in [-0.4, -0.2) is 28.4 Å². The van der Waals surface area contributed by atoms with E-state index < -0.39 is 11.5 Å². The Labute approximate surface area is 115 Å². The standard InChI is InChI=1S/C11H15ClN2O3S/c1-4-11(3,10(16)17-5-2)13-9(15)7-6-8(12)14-18-7/h6H,4-5H2,1-3H3,(H,13,15). The Bertz CT molecular complexity index is 449. The van der Waals surface area contributed by atoms with E-state index >= 15 is 0 Å². The molecule has 1 heterocycles. The first-order chi connectivity index (χ1) is 8.42. The number of aromatic nitrogens is 1. The molecule has 0 aromatic carbocycles. The Hall–Kier alpha value is -1.14. The first-order valence-electron chi connectivity index (χ1n) is 5.55. The van der Waals surface area contributed by atoms with E-state index in [1.165, 1.54) is 6.07 Å². The van der Waals surface area contributed by atoms with E-state index in [1.807, 2.05) is 0 Å². The third-order valence-electron chi connectivity index (χ3n) is 2.53. The predicted octanol–water partition coefficient (Wildman–Crippen LogP) is 2.26. The van der Waals surface area contributed by atoms with Crippen molar-refractivity contribution in [1.82, 2.24) is 9.69 Å². The number of hydrogen-bond acceptors (Lipinski definition) is 5. The Morgan fingerprint density at radius 3 is 2.67 bits per heavy atom. The normalized spacial score (nSPS) is 13.8. The van der Waals surface area contributed by atoms with Gasteiger partial charge in [0.25, 0.3) is 5.91 Å². The molecule has 1 rings (SSSR count). The van der Waals surface area contributed by atoms with Crippen molar-refractivity contribution in [3.05, 3.63) is 16.1 Å². The zero-order valence-corrected chi connectivity index (χ0v) is 12.0. The fourth-order valence-electron chi connectivity index (χ4n) is 1.25. The van der Waals surface area contributed by atoms with Crippen molar-refractivity contribution >= 4 is 35.0 Å². The van der Waals surface area contributed by atoms with E-state index in [4.69, 9.17) is 16.3 Å². The average Bonchev–Trinajstić information content (AvgIpc) is 2.76. The second-order valence-corrected chi connectivity index (χ2v) is 5.07. The highest BCUT2D eigenvalue weighted by Crippen LogP contribution is 2.17. The molecule has 0 saturated heterocycles. The summed E-state index contributed by atoms with van der Waals surface area (Å²) in [7, 11) is 0. The third kappa shape index (κ3) is 3.43. The fourth-order valence-corrected chi connectivity index (χ4v) is 2.06. The van der Waals surface area contributed by atoms with E-state index in [2.05, 4.69) is 9.69 Å².